The molecule has 0 bridgehead atoms. The van der Waals surface area contributed by atoms with Crippen LogP contribution in [0.2, 0.25) is 0 Å². The van der Waals surface area contributed by atoms with Crippen molar-refractivity contribution in [1.29, 1.82) is 0 Å². The highest BCUT2D eigenvalue weighted by Gasteiger charge is 2.29. The maximum Gasteiger partial charge on any atom is 0.243 e. The molecule has 2 fully saturated rings. The molecule has 0 unspecified atom stereocenters. The van der Waals surface area contributed by atoms with Crippen molar-refractivity contribution in [3.8, 4) is 0 Å². The Morgan fingerprint density at radius 3 is 2.80 bits per heavy atom. The van der Waals surface area contributed by atoms with Gasteiger partial charge in [0.2, 0.25) is 11.8 Å². The number of imide groups is 1. The fourth-order valence-corrected chi connectivity index (χ4v) is 2.19. The Labute approximate surface area is 89.2 Å². The number of carbonyl (C=O) groups excluding carboxylic acids is 2. The van der Waals surface area contributed by atoms with E-state index in [-0.39, 0.29) is 17.9 Å². The zero-order valence-corrected chi connectivity index (χ0v) is 8.82. The maximum absolute atomic E-state index is 11.7. The second-order valence-corrected chi connectivity index (χ2v) is 4.33. The van der Waals surface area contributed by atoms with Crippen LogP contribution >= 0.6 is 0 Å². The molecular weight excluding hydrogens is 194 g/mol. The first-order chi connectivity index (χ1) is 7.16. The minimum absolute atomic E-state index is 0.0245. The number of nitrogens with zero attached hydrogens (tertiary/aromatic N) is 2. The van der Waals surface area contributed by atoms with Gasteiger partial charge in [-0.2, -0.15) is 0 Å². The number of nitrogens with two attached hydrogens (primary N) is 1. The monoisotopic (exact) mass is 211 g/mol. The van der Waals surface area contributed by atoms with Crippen molar-refractivity contribution in [2.75, 3.05) is 26.2 Å². The molecule has 0 aromatic heterocycles. The van der Waals surface area contributed by atoms with E-state index in [1.54, 1.807) is 0 Å². The Bertz CT molecular complexity index is 280. The van der Waals surface area contributed by atoms with Gasteiger partial charge in [0.1, 0.15) is 0 Å². The van der Waals surface area contributed by atoms with E-state index in [4.69, 9.17) is 5.73 Å². The first-order valence-electron chi connectivity index (χ1n) is 5.48. The van der Waals surface area contributed by atoms with E-state index in [2.05, 4.69) is 0 Å². The first-order valence-corrected chi connectivity index (χ1v) is 5.48. The average molecular weight is 211 g/mol. The van der Waals surface area contributed by atoms with Crippen LogP contribution in [0.25, 0.3) is 0 Å². The van der Waals surface area contributed by atoms with Gasteiger partial charge >= 0.3 is 0 Å². The summed E-state index contributed by atoms with van der Waals surface area (Å²) in [7, 11) is 0. The number of likely N-dealkylation sites (tertiary alicyclic amines) is 2. The lowest BCUT2D eigenvalue weighted by atomic mass is 10.3. The largest absolute Gasteiger partial charge is 0.326 e. The second-order valence-electron chi connectivity index (χ2n) is 4.33. The van der Waals surface area contributed by atoms with Crippen LogP contribution in [0.4, 0.5) is 0 Å². The predicted molar refractivity (Wildman–Crippen MR) is 55.0 cm³/mol. The van der Waals surface area contributed by atoms with Gasteiger partial charge in [0, 0.05) is 32.1 Å². The first kappa shape index (κ1) is 10.6. The van der Waals surface area contributed by atoms with Crippen molar-refractivity contribution in [2.24, 2.45) is 5.73 Å². The van der Waals surface area contributed by atoms with Gasteiger partial charge in [0.05, 0.1) is 6.54 Å². The molecule has 0 radical (unpaired) electrons. The molecule has 0 saturated carbocycles. The molecule has 5 nitrogen and oxygen atoms in total. The van der Waals surface area contributed by atoms with Crippen molar-refractivity contribution in [3.05, 3.63) is 0 Å². The van der Waals surface area contributed by atoms with Gasteiger partial charge in [-0.05, 0) is 12.8 Å². The SMILES string of the molecule is N[C@@H]1CCN(CC(=O)N2CCCC2=O)C1. The Balaban J connectivity index is 1.84. The fourth-order valence-electron chi connectivity index (χ4n) is 2.19. The summed E-state index contributed by atoms with van der Waals surface area (Å²) in [5.74, 6) is -0.0879. The molecule has 84 valence electrons. The third-order valence-electron chi connectivity index (χ3n) is 3.04. The lowest BCUT2D eigenvalue weighted by Crippen LogP contribution is -2.40. The van der Waals surface area contributed by atoms with E-state index in [0.29, 0.717) is 19.5 Å². The van der Waals surface area contributed by atoms with Gasteiger partial charge in [-0.3, -0.25) is 19.4 Å². The van der Waals surface area contributed by atoms with E-state index in [9.17, 15) is 9.59 Å². The van der Waals surface area contributed by atoms with Gasteiger partial charge < -0.3 is 5.73 Å². The molecule has 0 aromatic carbocycles. The van der Waals surface area contributed by atoms with Crippen molar-refractivity contribution >= 4 is 11.8 Å². The number of carbonyl (C=O) groups is 2. The highest BCUT2D eigenvalue weighted by Crippen LogP contribution is 2.12. The van der Waals surface area contributed by atoms with Gasteiger partial charge in [0.15, 0.2) is 0 Å². The molecule has 0 aromatic rings. The lowest BCUT2D eigenvalue weighted by molar-refractivity contribution is -0.142. The highest BCUT2D eigenvalue weighted by atomic mass is 16.2. The van der Waals surface area contributed by atoms with Crippen LogP contribution < -0.4 is 5.73 Å². The van der Waals surface area contributed by atoms with Crippen molar-refractivity contribution in [3.63, 3.8) is 0 Å². The molecule has 15 heavy (non-hydrogen) atoms. The van der Waals surface area contributed by atoms with Crippen LogP contribution in [-0.2, 0) is 9.59 Å². The summed E-state index contributed by atoms with van der Waals surface area (Å²) in [5, 5.41) is 0. The van der Waals surface area contributed by atoms with E-state index < -0.39 is 0 Å². The molecule has 5 heteroatoms. The van der Waals surface area contributed by atoms with Crippen LogP contribution in [0.3, 0.4) is 0 Å². The summed E-state index contributed by atoms with van der Waals surface area (Å²) >= 11 is 0. The zero-order valence-electron chi connectivity index (χ0n) is 8.82. The molecular formula is C10H17N3O2. The minimum Gasteiger partial charge on any atom is -0.326 e. The smallest absolute Gasteiger partial charge is 0.243 e. The molecule has 2 aliphatic heterocycles. The minimum atomic E-state index is -0.0633. The van der Waals surface area contributed by atoms with Gasteiger partial charge in [-0.25, -0.2) is 0 Å². The zero-order chi connectivity index (χ0) is 10.8. The number of rotatable bonds is 2. The number of hydrogen-bond acceptors (Lipinski definition) is 4. The topological polar surface area (TPSA) is 66.6 Å². The second kappa shape index (κ2) is 4.28. The standard InChI is InChI=1S/C10H17N3O2/c11-8-3-5-12(6-8)7-10(15)13-4-1-2-9(13)14/h8H,1-7,11H2/t8-/m1/s1. The van der Waals surface area contributed by atoms with Crippen LogP contribution in [-0.4, -0.2) is 53.8 Å². The quantitative estimate of drug-likeness (QED) is 0.647. The molecule has 0 aliphatic carbocycles. The summed E-state index contributed by atoms with van der Waals surface area (Å²) in [6, 6.07) is 0.187. The van der Waals surface area contributed by atoms with E-state index >= 15 is 0 Å². The summed E-state index contributed by atoms with van der Waals surface area (Å²) in [6.45, 7) is 2.58. The Hall–Kier alpha value is -0.940. The van der Waals surface area contributed by atoms with E-state index in [0.717, 1.165) is 25.9 Å². The molecule has 2 heterocycles. The predicted octanol–water partition coefficient (Wildman–Crippen LogP) is -0.832. The molecule has 2 rings (SSSR count). The Morgan fingerprint density at radius 1 is 1.47 bits per heavy atom. The van der Waals surface area contributed by atoms with Crippen LogP contribution in [0.15, 0.2) is 0 Å². The van der Waals surface area contributed by atoms with Crippen LogP contribution in [0.5, 0.6) is 0 Å². The summed E-state index contributed by atoms with van der Waals surface area (Å²) in [6.07, 6.45) is 2.27. The summed E-state index contributed by atoms with van der Waals surface area (Å²) in [4.78, 5) is 26.5. The molecule has 2 amide bonds. The van der Waals surface area contributed by atoms with Crippen molar-refractivity contribution < 1.29 is 9.59 Å². The van der Waals surface area contributed by atoms with Gasteiger partial charge in [-0.1, -0.05) is 0 Å². The summed E-state index contributed by atoms with van der Waals surface area (Å²) in [5.41, 5.74) is 5.75. The van der Waals surface area contributed by atoms with Crippen LogP contribution in [0, 0.1) is 0 Å². The van der Waals surface area contributed by atoms with E-state index in [1.807, 2.05) is 4.90 Å². The fraction of sp³-hybridized carbons (Fsp3) is 0.800. The molecule has 0 spiro atoms. The van der Waals surface area contributed by atoms with Crippen molar-refractivity contribution in [2.45, 2.75) is 25.3 Å². The van der Waals surface area contributed by atoms with Crippen molar-refractivity contribution in [1.82, 2.24) is 9.80 Å². The highest BCUT2D eigenvalue weighted by molar-refractivity contribution is 5.97. The molecule has 1 atom stereocenters. The normalized spacial score (nSPS) is 27.7. The summed E-state index contributed by atoms with van der Waals surface area (Å²) < 4.78 is 0. The van der Waals surface area contributed by atoms with Crippen LogP contribution in [0.1, 0.15) is 19.3 Å². The number of hydrogen-bond donors (Lipinski definition) is 1. The molecule has 2 N–H and O–H groups in total. The molecule has 2 saturated heterocycles. The van der Waals surface area contributed by atoms with Gasteiger partial charge in [-0.15, -0.1) is 0 Å². The average Bonchev–Trinajstić information content (AvgIpc) is 2.75. The third-order valence-corrected chi connectivity index (χ3v) is 3.04. The Kier molecular flexibility index (Phi) is 3.02. The lowest BCUT2D eigenvalue weighted by Gasteiger charge is -2.19. The van der Waals surface area contributed by atoms with Gasteiger partial charge in [0.25, 0.3) is 0 Å². The Morgan fingerprint density at radius 2 is 2.27 bits per heavy atom. The number of amides is 2. The maximum atomic E-state index is 11.7. The van der Waals surface area contributed by atoms with E-state index in [1.165, 1.54) is 4.90 Å². The third kappa shape index (κ3) is 2.35. The molecule has 2 aliphatic rings.